The lowest BCUT2D eigenvalue weighted by Crippen LogP contribution is -2.34. The lowest BCUT2D eigenvalue weighted by molar-refractivity contribution is 0.699. The molecule has 0 amide bonds. The number of H-pyrrole nitrogens is 1. The van der Waals surface area contributed by atoms with E-state index in [0.29, 0.717) is 0 Å². The molecule has 0 unspecified atom stereocenters. The molecule has 1 heterocycles. The first-order valence-electron chi connectivity index (χ1n) is 4.80. The van der Waals surface area contributed by atoms with Crippen LogP contribution in [0.4, 0.5) is 0 Å². The van der Waals surface area contributed by atoms with E-state index >= 15 is 0 Å². The van der Waals surface area contributed by atoms with Gasteiger partial charge in [-0.3, -0.25) is 14.3 Å². The third kappa shape index (κ3) is 2.87. The summed E-state index contributed by atoms with van der Waals surface area (Å²) in [5, 5.41) is 0.0468. The van der Waals surface area contributed by atoms with Crippen LogP contribution >= 0.6 is 27.5 Å². The number of hydrogen-bond acceptors (Lipinski definition) is 2. The molecule has 1 aromatic carbocycles. The second-order valence-electron chi connectivity index (χ2n) is 3.48. The van der Waals surface area contributed by atoms with Crippen molar-refractivity contribution in [2.24, 2.45) is 0 Å². The second kappa shape index (κ2) is 4.89. The SMILES string of the molecule is O=c1cc(Cl)[nH]c(=O)n1Cc1cccc(Br)c1. The summed E-state index contributed by atoms with van der Waals surface area (Å²) >= 11 is 8.90. The molecule has 2 rings (SSSR count). The third-order valence-corrected chi connectivity index (χ3v) is 2.91. The van der Waals surface area contributed by atoms with Crippen LogP contribution in [0.1, 0.15) is 5.56 Å². The van der Waals surface area contributed by atoms with Gasteiger partial charge in [0.15, 0.2) is 0 Å². The molecule has 0 fully saturated rings. The van der Waals surface area contributed by atoms with Gasteiger partial charge in [0.2, 0.25) is 0 Å². The molecule has 0 radical (unpaired) electrons. The Morgan fingerprint density at radius 3 is 2.71 bits per heavy atom. The van der Waals surface area contributed by atoms with E-state index in [4.69, 9.17) is 11.6 Å². The van der Waals surface area contributed by atoms with Gasteiger partial charge in [0, 0.05) is 10.5 Å². The van der Waals surface area contributed by atoms with Crippen LogP contribution in [0.3, 0.4) is 0 Å². The Morgan fingerprint density at radius 2 is 2.06 bits per heavy atom. The summed E-state index contributed by atoms with van der Waals surface area (Å²) in [7, 11) is 0. The number of aromatic amines is 1. The maximum Gasteiger partial charge on any atom is 0.329 e. The number of halogens is 2. The lowest BCUT2D eigenvalue weighted by atomic mass is 10.2. The molecule has 4 nitrogen and oxygen atoms in total. The minimum Gasteiger partial charge on any atom is -0.298 e. The van der Waals surface area contributed by atoms with Gasteiger partial charge in [0.25, 0.3) is 5.56 Å². The smallest absolute Gasteiger partial charge is 0.298 e. The molecule has 0 bridgehead atoms. The number of nitrogens with zero attached hydrogens (tertiary/aromatic N) is 1. The van der Waals surface area contributed by atoms with Crippen LogP contribution in [0, 0.1) is 0 Å². The van der Waals surface area contributed by atoms with Crippen LogP contribution in [0.5, 0.6) is 0 Å². The van der Waals surface area contributed by atoms with Crippen molar-refractivity contribution in [1.29, 1.82) is 0 Å². The van der Waals surface area contributed by atoms with E-state index in [2.05, 4.69) is 20.9 Å². The Hall–Kier alpha value is -1.33. The molecule has 2 aromatic rings. The summed E-state index contributed by atoms with van der Waals surface area (Å²) in [5.41, 5.74) is -0.0736. The average molecular weight is 316 g/mol. The van der Waals surface area contributed by atoms with Crippen LogP contribution in [0.15, 0.2) is 44.4 Å². The Bertz CT molecular complexity index is 632. The van der Waals surface area contributed by atoms with Crippen molar-refractivity contribution < 1.29 is 0 Å². The van der Waals surface area contributed by atoms with Crippen LogP contribution < -0.4 is 11.2 Å². The summed E-state index contributed by atoms with van der Waals surface area (Å²) < 4.78 is 1.99. The highest BCUT2D eigenvalue weighted by atomic mass is 79.9. The largest absolute Gasteiger partial charge is 0.329 e. The van der Waals surface area contributed by atoms with Crippen molar-refractivity contribution in [2.45, 2.75) is 6.54 Å². The van der Waals surface area contributed by atoms with Crippen molar-refractivity contribution in [3.05, 3.63) is 66.4 Å². The molecule has 0 spiro atoms. The van der Waals surface area contributed by atoms with E-state index in [1.165, 1.54) is 6.07 Å². The standard InChI is InChI=1S/C11H8BrClN2O2/c12-8-3-1-2-7(4-8)6-15-10(16)5-9(13)14-11(15)17/h1-5H,6H2,(H,14,17). The fourth-order valence-electron chi connectivity index (χ4n) is 1.46. The number of rotatable bonds is 2. The van der Waals surface area contributed by atoms with Gasteiger partial charge >= 0.3 is 5.69 Å². The van der Waals surface area contributed by atoms with Crippen LogP contribution in [0.25, 0.3) is 0 Å². The monoisotopic (exact) mass is 314 g/mol. The normalized spacial score (nSPS) is 10.5. The third-order valence-electron chi connectivity index (χ3n) is 2.22. The van der Waals surface area contributed by atoms with E-state index in [1.54, 1.807) is 0 Å². The summed E-state index contributed by atoms with van der Waals surface area (Å²) in [6.45, 7) is 0.213. The average Bonchev–Trinajstić information content (AvgIpc) is 2.23. The van der Waals surface area contributed by atoms with Gasteiger partial charge in [-0.05, 0) is 17.7 Å². The number of hydrogen-bond donors (Lipinski definition) is 1. The Kier molecular flexibility index (Phi) is 3.49. The zero-order chi connectivity index (χ0) is 12.4. The Balaban J connectivity index is 2.44. The Morgan fingerprint density at radius 1 is 1.29 bits per heavy atom. The quantitative estimate of drug-likeness (QED) is 0.862. The molecule has 0 aliphatic rings. The zero-order valence-electron chi connectivity index (χ0n) is 8.61. The molecule has 0 saturated carbocycles. The molecule has 88 valence electrons. The number of aromatic nitrogens is 2. The van der Waals surface area contributed by atoms with Crippen molar-refractivity contribution in [2.75, 3.05) is 0 Å². The molecule has 0 atom stereocenters. The number of nitrogens with one attached hydrogen (secondary N) is 1. The minimum atomic E-state index is -0.512. The van der Waals surface area contributed by atoms with Gasteiger partial charge in [-0.25, -0.2) is 4.79 Å². The number of benzene rings is 1. The molecule has 1 aromatic heterocycles. The van der Waals surface area contributed by atoms with E-state index in [0.717, 1.165) is 14.6 Å². The van der Waals surface area contributed by atoms with E-state index < -0.39 is 11.2 Å². The predicted octanol–water partition coefficient (Wildman–Crippen LogP) is 2.00. The van der Waals surface area contributed by atoms with Crippen molar-refractivity contribution >= 4 is 27.5 Å². The van der Waals surface area contributed by atoms with Crippen molar-refractivity contribution in [1.82, 2.24) is 9.55 Å². The van der Waals surface area contributed by atoms with Crippen LogP contribution in [-0.4, -0.2) is 9.55 Å². The fraction of sp³-hybridized carbons (Fsp3) is 0.0909. The molecular formula is C11H8BrClN2O2. The molecule has 0 aliphatic carbocycles. The fourth-order valence-corrected chi connectivity index (χ4v) is 2.08. The molecular weight excluding hydrogens is 307 g/mol. The van der Waals surface area contributed by atoms with Gasteiger partial charge in [0.05, 0.1) is 6.54 Å². The first kappa shape index (κ1) is 12.1. The maximum atomic E-state index is 11.6. The molecule has 0 saturated heterocycles. The molecule has 17 heavy (non-hydrogen) atoms. The maximum absolute atomic E-state index is 11.6. The van der Waals surface area contributed by atoms with Crippen molar-refractivity contribution in [3.63, 3.8) is 0 Å². The molecule has 1 N–H and O–H groups in total. The van der Waals surface area contributed by atoms with Gasteiger partial charge in [-0.15, -0.1) is 0 Å². The van der Waals surface area contributed by atoms with Crippen LogP contribution in [0.2, 0.25) is 5.15 Å². The molecule has 6 heteroatoms. The van der Waals surface area contributed by atoms with E-state index in [1.807, 2.05) is 24.3 Å². The first-order chi connectivity index (χ1) is 8.06. The van der Waals surface area contributed by atoms with Gasteiger partial charge in [-0.2, -0.15) is 0 Å². The zero-order valence-corrected chi connectivity index (χ0v) is 11.0. The highest BCUT2D eigenvalue weighted by Gasteiger charge is 2.04. The van der Waals surface area contributed by atoms with Crippen LogP contribution in [-0.2, 0) is 6.54 Å². The summed E-state index contributed by atoms with van der Waals surface area (Å²) in [6, 6.07) is 8.58. The van der Waals surface area contributed by atoms with E-state index in [-0.39, 0.29) is 11.7 Å². The summed E-state index contributed by atoms with van der Waals surface area (Å²) in [4.78, 5) is 25.5. The van der Waals surface area contributed by atoms with Crippen molar-refractivity contribution in [3.8, 4) is 0 Å². The summed E-state index contributed by atoms with van der Waals surface area (Å²) in [6.07, 6.45) is 0. The Labute approximate surface area is 110 Å². The van der Waals surface area contributed by atoms with Gasteiger partial charge < -0.3 is 0 Å². The minimum absolute atomic E-state index is 0.0468. The van der Waals surface area contributed by atoms with Gasteiger partial charge in [-0.1, -0.05) is 39.7 Å². The second-order valence-corrected chi connectivity index (χ2v) is 4.80. The summed E-state index contributed by atoms with van der Waals surface area (Å²) in [5.74, 6) is 0. The lowest BCUT2D eigenvalue weighted by Gasteiger charge is -2.04. The highest BCUT2D eigenvalue weighted by molar-refractivity contribution is 9.10. The van der Waals surface area contributed by atoms with E-state index in [9.17, 15) is 9.59 Å². The molecule has 0 aliphatic heterocycles. The van der Waals surface area contributed by atoms with Gasteiger partial charge in [0.1, 0.15) is 5.15 Å². The first-order valence-corrected chi connectivity index (χ1v) is 5.97. The topological polar surface area (TPSA) is 54.9 Å². The predicted molar refractivity (Wildman–Crippen MR) is 69.6 cm³/mol. The highest BCUT2D eigenvalue weighted by Crippen LogP contribution is 2.11.